The van der Waals surface area contributed by atoms with Gasteiger partial charge in [-0.2, -0.15) is 0 Å². The normalized spacial score (nSPS) is 12.3. The summed E-state index contributed by atoms with van der Waals surface area (Å²) in [5.74, 6) is 0.0381. The fraction of sp³-hybridized carbons (Fsp3) is 0.556. The number of aromatic hydroxyl groups is 1. The summed E-state index contributed by atoms with van der Waals surface area (Å²) in [4.78, 5) is 11.3. The lowest BCUT2D eigenvalue weighted by Gasteiger charge is -2.28. The van der Waals surface area contributed by atoms with Crippen molar-refractivity contribution in [3.63, 3.8) is 0 Å². The van der Waals surface area contributed by atoms with E-state index in [0.29, 0.717) is 18.6 Å². The van der Waals surface area contributed by atoms with Crippen molar-refractivity contribution in [3.8, 4) is 5.75 Å². The van der Waals surface area contributed by atoms with E-state index in [1.807, 2.05) is 12.1 Å². The van der Waals surface area contributed by atoms with E-state index in [9.17, 15) is 9.90 Å². The molecule has 0 aliphatic heterocycles. The summed E-state index contributed by atoms with van der Waals surface area (Å²) in [6.07, 6.45) is 0.877. The van der Waals surface area contributed by atoms with Crippen LogP contribution in [0.25, 0.3) is 0 Å². The average Bonchev–Trinajstić information content (AvgIpc) is 2.34. The van der Waals surface area contributed by atoms with Crippen LogP contribution in [0.1, 0.15) is 64.7 Å². The standard InChI is InChI=1S/C18H27O3/c1-17(2,3)13-10-12(8-9-15(19)21-7)11-14(16(13)20)18(4,5)6/h10-11,20H,7-9H2,1-6H3. The predicted octanol–water partition coefficient (Wildman–Crippen LogP) is 4.25. The maximum atomic E-state index is 11.3. The summed E-state index contributed by atoms with van der Waals surface area (Å²) in [5.41, 5.74) is 2.54. The first-order valence-corrected chi connectivity index (χ1v) is 7.28. The minimum Gasteiger partial charge on any atom is -0.507 e. The SMILES string of the molecule is [CH2]OC(=O)CCc1cc(C(C)(C)C)c(O)c(C(C)(C)C)c1. The number of benzene rings is 1. The van der Waals surface area contributed by atoms with Crippen molar-refractivity contribution in [3.05, 3.63) is 35.9 Å². The van der Waals surface area contributed by atoms with E-state index in [0.717, 1.165) is 16.7 Å². The Balaban J connectivity index is 3.31. The summed E-state index contributed by atoms with van der Waals surface area (Å²) < 4.78 is 4.45. The number of carbonyl (C=O) groups is 1. The van der Waals surface area contributed by atoms with Gasteiger partial charge in [0.15, 0.2) is 0 Å². The second kappa shape index (κ2) is 6.08. The zero-order valence-corrected chi connectivity index (χ0v) is 14.0. The highest BCUT2D eigenvalue weighted by molar-refractivity contribution is 5.69. The van der Waals surface area contributed by atoms with Crippen LogP contribution in [0.15, 0.2) is 12.1 Å². The Labute approximate surface area is 128 Å². The third-order valence-electron chi connectivity index (χ3n) is 3.56. The Hall–Kier alpha value is -1.51. The molecule has 0 aliphatic carbocycles. The van der Waals surface area contributed by atoms with E-state index in [4.69, 9.17) is 0 Å². The largest absolute Gasteiger partial charge is 0.507 e. The van der Waals surface area contributed by atoms with E-state index in [1.165, 1.54) is 0 Å². The number of rotatable bonds is 3. The van der Waals surface area contributed by atoms with Crippen LogP contribution in [-0.2, 0) is 26.8 Å². The third kappa shape index (κ3) is 4.48. The molecule has 117 valence electrons. The van der Waals surface area contributed by atoms with Gasteiger partial charge in [0.25, 0.3) is 0 Å². The van der Waals surface area contributed by atoms with E-state index < -0.39 is 0 Å². The average molecular weight is 291 g/mol. The number of esters is 1. The summed E-state index contributed by atoms with van der Waals surface area (Å²) >= 11 is 0. The van der Waals surface area contributed by atoms with Crippen molar-refractivity contribution in [1.29, 1.82) is 0 Å². The zero-order valence-electron chi connectivity index (χ0n) is 14.0. The monoisotopic (exact) mass is 291 g/mol. The molecule has 1 rings (SSSR count). The van der Waals surface area contributed by atoms with Gasteiger partial charge in [-0.1, -0.05) is 53.7 Å². The van der Waals surface area contributed by atoms with E-state index in [2.05, 4.69) is 53.4 Å². The van der Waals surface area contributed by atoms with Crippen LogP contribution in [0, 0.1) is 7.11 Å². The number of hydrogen-bond acceptors (Lipinski definition) is 3. The molecule has 0 unspecified atom stereocenters. The molecule has 0 heterocycles. The second-order valence-electron chi connectivity index (χ2n) is 7.56. The minimum absolute atomic E-state index is 0.160. The van der Waals surface area contributed by atoms with Crippen molar-refractivity contribution in [2.75, 3.05) is 0 Å². The quantitative estimate of drug-likeness (QED) is 0.847. The van der Waals surface area contributed by atoms with Crippen LogP contribution in [0.5, 0.6) is 5.75 Å². The maximum absolute atomic E-state index is 11.3. The van der Waals surface area contributed by atoms with Gasteiger partial charge in [-0.3, -0.25) is 4.79 Å². The molecule has 0 saturated heterocycles. The van der Waals surface area contributed by atoms with Gasteiger partial charge in [-0.05, 0) is 33.9 Å². The number of aryl methyl sites for hydroxylation is 1. The Kier molecular flexibility index (Phi) is 5.08. The molecule has 0 saturated carbocycles. The molecule has 0 bridgehead atoms. The van der Waals surface area contributed by atoms with Gasteiger partial charge in [-0.15, -0.1) is 0 Å². The smallest absolute Gasteiger partial charge is 0.306 e. The van der Waals surface area contributed by atoms with E-state index in [-0.39, 0.29) is 16.8 Å². The summed E-state index contributed by atoms with van der Waals surface area (Å²) in [6, 6.07) is 3.97. The molecule has 0 spiro atoms. The number of hydrogen-bond donors (Lipinski definition) is 1. The van der Waals surface area contributed by atoms with E-state index in [1.54, 1.807) is 0 Å². The molecule has 1 radical (unpaired) electrons. The molecule has 3 heteroatoms. The highest BCUT2D eigenvalue weighted by Crippen LogP contribution is 2.39. The fourth-order valence-electron chi connectivity index (χ4n) is 2.30. The molecule has 0 aromatic heterocycles. The molecule has 1 aromatic carbocycles. The number of ether oxygens (including phenoxy) is 1. The van der Waals surface area contributed by atoms with Crippen molar-refractivity contribution in [2.24, 2.45) is 0 Å². The molecule has 21 heavy (non-hydrogen) atoms. The molecule has 3 nitrogen and oxygen atoms in total. The molecule has 1 N–H and O–H groups in total. The van der Waals surface area contributed by atoms with Gasteiger partial charge in [0.2, 0.25) is 0 Å². The van der Waals surface area contributed by atoms with Crippen molar-refractivity contribution in [2.45, 2.75) is 65.2 Å². The Morgan fingerprint density at radius 2 is 1.52 bits per heavy atom. The summed E-state index contributed by atoms with van der Waals surface area (Å²) in [6.45, 7) is 12.4. The number of carbonyl (C=O) groups excluding carboxylic acids is 1. The first-order chi connectivity index (χ1) is 9.46. The fourth-order valence-corrected chi connectivity index (χ4v) is 2.30. The first-order valence-electron chi connectivity index (χ1n) is 7.28. The van der Waals surface area contributed by atoms with Crippen molar-refractivity contribution >= 4 is 5.97 Å². The maximum Gasteiger partial charge on any atom is 0.306 e. The summed E-state index contributed by atoms with van der Waals surface area (Å²) in [5, 5.41) is 10.6. The van der Waals surface area contributed by atoms with Gasteiger partial charge < -0.3 is 9.84 Å². The van der Waals surface area contributed by atoms with Crippen LogP contribution < -0.4 is 0 Å². The van der Waals surface area contributed by atoms with Crippen LogP contribution in [0.3, 0.4) is 0 Å². The molecule has 0 fully saturated rings. The molecular weight excluding hydrogens is 264 g/mol. The van der Waals surface area contributed by atoms with Crippen LogP contribution in [0.4, 0.5) is 0 Å². The highest BCUT2D eigenvalue weighted by atomic mass is 16.5. The topological polar surface area (TPSA) is 46.5 Å². The van der Waals surface area contributed by atoms with E-state index >= 15 is 0 Å². The lowest BCUT2D eigenvalue weighted by molar-refractivity contribution is -0.138. The van der Waals surface area contributed by atoms with Crippen LogP contribution in [-0.4, -0.2) is 11.1 Å². The number of phenolic OH excluding ortho intramolecular Hbond substituents is 1. The molecule has 0 atom stereocenters. The lowest BCUT2D eigenvalue weighted by atomic mass is 9.78. The van der Waals surface area contributed by atoms with Crippen molar-refractivity contribution in [1.82, 2.24) is 0 Å². The van der Waals surface area contributed by atoms with Gasteiger partial charge in [0, 0.05) is 6.42 Å². The third-order valence-corrected chi connectivity index (χ3v) is 3.56. The van der Waals surface area contributed by atoms with Crippen molar-refractivity contribution < 1.29 is 14.6 Å². The Bertz CT molecular complexity index is 481. The Morgan fingerprint density at radius 1 is 1.10 bits per heavy atom. The lowest BCUT2D eigenvalue weighted by Crippen LogP contribution is -2.18. The van der Waals surface area contributed by atoms with Crippen LogP contribution >= 0.6 is 0 Å². The molecular formula is C18H27O3. The zero-order chi connectivity index (χ0) is 16.4. The second-order valence-corrected chi connectivity index (χ2v) is 7.56. The Morgan fingerprint density at radius 3 is 1.86 bits per heavy atom. The van der Waals surface area contributed by atoms with Gasteiger partial charge >= 0.3 is 5.97 Å². The van der Waals surface area contributed by atoms with Gasteiger partial charge in [0.05, 0.1) is 0 Å². The van der Waals surface area contributed by atoms with Gasteiger partial charge in [-0.25, -0.2) is 0 Å². The first kappa shape index (κ1) is 17.5. The van der Waals surface area contributed by atoms with Gasteiger partial charge in [0.1, 0.15) is 12.9 Å². The minimum atomic E-state index is -0.322. The molecule has 0 amide bonds. The number of phenols is 1. The molecule has 0 aliphatic rings. The molecule has 1 aromatic rings. The highest BCUT2D eigenvalue weighted by Gasteiger charge is 2.26. The predicted molar refractivity (Wildman–Crippen MR) is 85.3 cm³/mol. The van der Waals surface area contributed by atoms with Crippen LogP contribution in [0.2, 0.25) is 0 Å². The summed E-state index contributed by atoms with van der Waals surface area (Å²) in [7, 11) is 3.14.